The minimum absolute atomic E-state index is 0. The van der Waals surface area contributed by atoms with Crippen LogP contribution in [0.2, 0.25) is 0 Å². The van der Waals surface area contributed by atoms with Crippen molar-refractivity contribution in [2.24, 2.45) is 61.2 Å². The largest absolute Gasteiger partial charge is 0.661 e. The van der Waals surface area contributed by atoms with Gasteiger partial charge in [0.05, 0.1) is 16.8 Å². The molecule has 61 heavy (non-hydrogen) atoms. The molecule has 0 heterocycles. The topological polar surface area (TPSA) is 85.1 Å². The number of ether oxygens (including phenoxy) is 1. The van der Waals surface area contributed by atoms with Gasteiger partial charge in [0.15, 0.2) is 0 Å². The standard InChI is InChI=1S/C29H41N2.C20H30N4.C4H10O.Fe/c1-18(2)24-13-11-14-25(19(3)4)28(24)30-22(9)17-23(10)31-29-26(20(5)6)15-12-16-27(29)21(7)8;1-13-2-15-3-14(1)8-19(7-13,9-15)21-23-24-22-20-10-16-4-17(11-20)6-18(5-16)12-20;1-3-5-4-2;/h11-21H,1-10H3;13-18H,1-12H2;3-4H2,1-2H3;/q-1;;;/b22-17-,31-23?;;;. The van der Waals surface area contributed by atoms with Gasteiger partial charge in [0.25, 0.3) is 0 Å². The van der Waals surface area contributed by atoms with E-state index >= 15 is 0 Å². The van der Waals surface area contributed by atoms with Crippen molar-refractivity contribution in [1.82, 2.24) is 0 Å². The van der Waals surface area contributed by atoms with Crippen molar-refractivity contribution >= 4 is 17.1 Å². The van der Waals surface area contributed by atoms with Crippen LogP contribution in [0.1, 0.15) is 206 Å². The molecule has 0 unspecified atom stereocenters. The number of para-hydroxylation sites is 2. The zero-order valence-corrected chi connectivity index (χ0v) is 41.3. The minimum atomic E-state index is 0. The van der Waals surface area contributed by atoms with E-state index in [1.807, 2.05) is 13.8 Å². The molecule has 8 heteroatoms. The van der Waals surface area contributed by atoms with Gasteiger partial charge in [-0.3, -0.25) is 4.99 Å². The number of hydrogen-bond acceptors (Lipinski definition) is 4. The summed E-state index contributed by atoms with van der Waals surface area (Å²) in [4.78, 5) is 5.08. The SMILES string of the molecule is C1C2CC3CC1CC(N=NN=NC14CC5CC(CC(C5)C1)C4)(C2)C3.CC(/C=C(/C)[N-]c1c(C(C)C)cccc1C(C)C)=Nc1c(C(C)C)cccc1C(C)C.CCOCC.[Fe]. The van der Waals surface area contributed by atoms with Crippen LogP contribution in [-0.4, -0.2) is 30.0 Å². The van der Waals surface area contributed by atoms with Gasteiger partial charge in [-0.15, -0.1) is 5.69 Å². The Hall–Kier alpha value is -2.67. The second-order valence-electron chi connectivity index (χ2n) is 21.3. The second-order valence-corrected chi connectivity index (χ2v) is 21.3. The first kappa shape index (κ1) is 49.3. The van der Waals surface area contributed by atoms with Gasteiger partial charge in [0.1, 0.15) is 0 Å². The molecule has 0 saturated heterocycles. The maximum atomic E-state index is 5.08. The quantitative estimate of drug-likeness (QED) is 0.0854. The normalized spacial score (nSPS) is 30.0. The molecule has 0 aliphatic heterocycles. The molecule has 2 aromatic carbocycles. The van der Waals surface area contributed by atoms with Crippen LogP contribution in [0, 0.1) is 35.5 Å². The Labute approximate surface area is 382 Å². The van der Waals surface area contributed by atoms with Gasteiger partial charge < -0.3 is 10.1 Å². The fraction of sp³-hybridized carbons (Fsp3) is 0.717. The van der Waals surface area contributed by atoms with E-state index in [2.05, 4.69) is 122 Å². The Morgan fingerprint density at radius 1 is 0.590 bits per heavy atom. The Balaban J connectivity index is 0.000000208. The molecular weight excluding hydrogens is 792 g/mol. The van der Waals surface area contributed by atoms with E-state index < -0.39 is 0 Å². The fourth-order valence-corrected chi connectivity index (χ4v) is 12.8. The molecule has 8 aliphatic carbocycles. The van der Waals surface area contributed by atoms with Crippen molar-refractivity contribution in [2.75, 3.05) is 13.2 Å². The molecule has 0 N–H and O–H groups in total. The predicted molar refractivity (Wildman–Crippen MR) is 252 cm³/mol. The molecule has 8 bridgehead atoms. The molecule has 0 amide bonds. The monoisotopic (exact) mass is 874 g/mol. The van der Waals surface area contributed by atoms with E-state index in [1.54, 1.807) is 0 Å². The third kappa shape index (κ3) is 12.5. The number of allylic oxidation sites excluding steroid dienone is 2. The molecule has 8 aliphatic rings. The van der Waals surface area contributed by atoms with Crippen molar-refractivity contribution in [1.29, 1.82) is 0 Å². The van der Waals surface area contributed by atoms with Gasteiger partial charge in [0, 0.05) is 36.0 Å². The molecular formula is C53H81FeN6O-. The van der Waals surface area contributed by atoms with Gasteiger partial charge in [-0.1, -0.05) is 116 Å². The maximum Gasteiger partial charge on any atom is 0.0846 e. The van der Waals surface area contributed by atoms with E-state index in [4.69, 9.17) is 25.3 Å². The summed E-state index contributed by atoms with van der Waals surface area (Å²) in [5.41, 5.74) is 9.75. The Morgan fingerprint density at radius 3 is 1.21 bits per heavy atom. The van der Waals surface area contributed by atoms with Gasteiger partial charge in [-0.05, 0) is 179 Å². The average Bonchev–Trinajstić information content (AvgIpc) is 3.16. The van der Waals surface area contributed by atoms with Gasteiger partial charge >= 0.3 is 0 Å². The van der Waals surface area contributed by atoms with Crippen molar-refractivity contribution in [3.05, 3.63) is 75.7 Å². The molecule has 0 aromatic heterocycles. The molecule has 10 rings (SSSR count). The van der Waals surface area contributed by atoms with E-state index in [9.17, 15) is 0 Å². The summed E-state index contributed by atoms with van der Waals surface area (Å²) in [5.74, 6) is 7.30. The zero-order valence-electron chi connectivity index (χ0n) is 40.2. The minimum Gasteiger partial charge on any atom is -0.661 e. The Bertz CT molecular complexity index is 1680. The summed E-state index contributed by atoms with van der Waals surface area (Å²) in [7, 11) is 0. The van der Waals surface area contributed by atoms with Crippen molar-refractivity contribution in [3.8, 4) is 0 Å². The third-order valence-electron chi connectivity index (χ3n) is 14.7. The van der Waals surface area contributed by atoms with E-state index in [1.165, 1.54) is 99.3 Å². The van der Waals surface area contributed by atoms with Gasteiger partial charge in [-0.2, -0.15) is 15.9 Å². The molecule has 338 valence electrons. The van der Waals surface area contributed by atoms with E-state index in [0.29, 0.717) is 23.7 Å². The number of hydrogen-bond donors (Lipinski definition) is 0. The molecule has 2 aromatic rings. The number of nitrogens with zero attached hydrogens (tertiary/aromatic N) is 6. The first-order valence-electron chi connectivity index (χ1n) is 24.2. The third-order valence-corrected chi connectivity index (χ3v) is 14.7. The van der Waals surface area contributed by atoms with Crippen molar-refractivity contribution in [3.63, 3.8) is 0 Å². The fourth-order valence-electron chi connectivity index (χ4n) is 12.8. The van der Waals surface area contributed by atoms with Crippen LogP contribution in [0.3, 0.4) is 0 Å². The average molecular weight is 874 g/mol. The summed E-state index contributed by atoms with van der Waals surface area (Å²) < 4.78 is 4.83. The summed E-state index contributed by atoms with van der Waals surface area (Å²) in [6, 6.07) is 13.1. The Morgan fingerprint density at radius 2 is 0.918 bits per heavy atom. The molecule has 0 atom stereocenters. The molecule has 0 spiro atoms. The molecule has 0 radical (unpaired) electrons. The maximum absolute atomic E-state index is 5.08. The number of benzene rings is 2. The summed E-state index contributed by atoms with van der Waals surface area (Å²) >= 11 is 0. The number of rotatable bonds is 13. The second kappa shape index (κ2) is 21.8. The van der Waals surface area contributed by atoms with Crippen LogP contribution in [0.4, 0.5) is 11.4 Å². The van der Waals surface area contributed by atoms with Crippen LogP contribution < -0.4 is 0 Å². The van der Waals surface area contributed by atoms with Crippen LogP contribution in [-0.2, 0) is 21.8 Å². The molecule has 8 fully saturated rings. The van der Waals surface area contributed by atoms with E-state index in [0.717, 1.165) is 71.5 Å². The van der Waals surface area contributed by atoms with E-state index in [-0.39, 0.29) is 28.1 Å². The van der Waals surface area contributed by atoms with Crippen molar-refractivity contribution in [2.45, 2.75) is 195 Å². The number of aliphatic imine (C=N–C) groups is 1. The van der Waals surface area contributed by atoms with Crippen LogP contribution in [0.25, 0.3) is 5.32 Å². The summed E-state index contributed by atoms with van der Waals surface area (Å²) in [6.07, 6.45) is 18.5. The summed E-state index contributed by atoms with van der Waals surface area (Å²) in [5, 5.41) is 23.3. The van der Waals surface area contributed by atoms with Crippen LogP contribution in [0.5, 0.6) is 0 Å². The predicted octanol–water partition coefficient (Wildman–Crippen LogP) is 16.7. The smallest absolute Gasteiger partial charge is 0.0846 e. The molecule has 7 nitrogen and oxygen atoms in total. The Kier molecular flexibility index (Phi) is 17.6. The van der Waals surface area contributed by atoms with Gasteiger partial charge in [0.2, 0.25) is 0 Å². The zero-order chi connectivity index (χ0) is 43.2. The van der Waals surface area contributed by atoms with Crippen LogP contribution >= 0.6 is 0 Å². The van der Waals surface area contributed by atoms with Gasteiger partial charge in [-0.25, -0.2) is 0 Å². The molecule has 8 saturated carbocycles. The first-order valence-corrected chi connectivity index (χ1v) is 24.2. The van der Waals surface area contributed by atoms with Crippen molar-refractivity contribution < 1.29 is 21.8 Å². The van der Waals surface area contributed by atoms with Crippen LogP contribution in [0.15, 0.2) is 73.8 Å². The first-order chi connectivity index (χ1) is 28.6. The summed E-state index contributed by atoms with van der Waals surface area (Å²) in [6.45, 7) is 27.7.